The van der Waals surface area contributed by atoms with Crippen molar-refractivity contribution in [1.82, 2.24) is 15.2 Å². The van der Waals surface area contributed by atoms with E-state index in [0.29, 0.717) is 11.6 Å². The van der Waals surface area contributed by atoms with Crippen LogP contribution >= 0.6 is 15.9 Å². The summed E-state index contributed by atoms with van der Waals surface area (Å²) in [7, 11) is 0. The highest BCUT2D eigenvalue weighted by molar-refractivity contribution is 9.10. The lowest BCUT2D eigenvalue weighted by Gasteiger charge is -2.19. The van der Waals surface area contributed by atoms with E-state index in [0.717, 1.165) is 34.6 Å². The molecule has 0 bridgehead atoms. The summed E-state index contributed by atoms with van der Waals surface area (Å²) in [5, 5.41) is 8.71. The van der Waals surface area contributed by atoms with E-state index in [4.69, 9.17) is 9.40 Å². The van der Waals surface area contributed by atoms with Crippen LogP contribution in [0.3, 0.4) is 0 Å². The molecule has 116 valence electrons. The third kappa shape index (κ3) is 2.86. The van der Waals surface area contributed by atoms with Gasteiger partial charge in [0.2, 0.25) is 5.82 Å². The van der Waals surface area contributed by atoms with Crippen LogP contribution < -0.4 is 4.90 Å². The summed E-state index contributed by atoms with van der Waals surface area (Å²) in [6.07, 6.45) is 3.98. The van der Waals surface area contributed by atoms with Crippen LogP contribution in [0, 0.1) is 0 Å². The molecule has 5 nitrogen and oxygen atoms in total. The van der Waals surface area contributed by atoms with E-state index in [2.05, 4.69) is 31.0 Å². The molecule has 2 aromatic heterocycles. The first kappa shape index (κ1) is 14.4. The van der Waals surface area contributed by atoms with Gasteiger partial charge in [0.1, 0.15) is 5.69 Å². The summed E-state index contributed by atoms with van der Waals surface area (Å²) in [6, 6.07) is 11.8. The van der Waals surface area contributed by atoms with Crippen molar-refractivity contribution in [2.45, 2.75) is 12.8 Å². The van der Waals surface area contributed by atoms with Gasteiger partial charge in [-0.25, -0.2) is 4.98 Å². The first-order valence-corrected chi connectivity index (χ1v) is 8.40. The van der Waals surface area contributed by atoms with Gasteiger partial charge in [-0.05, 0) is 37.1 Å². The van der Waals surface area contributed by atoms with E-state index in [9.17, 15) is 0 Å². The van der Waals surface area contributed by atoms with Gasteiger partial charge in [0, 0.05) is 23.1 Å². The van der Waals surface area contributed by atoms with Crippen LogP contribution in [-0.2, 0) is 0 Å². The Kier molecular flexibility index (Phi) is 3.83. The molecule has 1 aliphatic rings. The molecule has 0 amide bonds. The molecule has 4 rings (SSSR count). The van der Waals surface area contributed by atoms with Gasteiger partial charge in [-0.15, -0.1) is 10.2 Å². The number of hydrogen-bond acceptors (Lipinski definition) is 5. The highest BCUT2D eigenvalue weighted by Gasteiger charge is 2.21. The van der Waals surface area contributed by atoms with Gasteiger partial charge in [-0.2, -0.15) is 0 Å². The van der Waals surface area contributed by atoms with Crippen molar-refractivity contribution in [3.8, 4) is 22.8 Å². The summed E-state index contributed by atoms with van der Waals surface area (Å²) in [6.45, 7) is 2.00. The SMILES string of the molecule is Brc1ccc(-c2nnc(-c3ccco3)nc2N2CCCC2)cc1. The van der Waals surface area contributed by atoms with Gasteiger partial charge >= 0.3 is 0 Å². The second-order valence-electron chi connectivity index (χ2n) is 5.49. The topological polar surface area (TPSA) is 55.1 Å². The van der Waals surface area contributed by atoms with Crippen molar-refractivity contribution in [2.75, 3.05) is 18.0 Å². The fourth-order valence-corrected chi connectivity index (χ4v) is 3.04. The molecule has 0 saturated carbocycles. The predicted octanol–water partition coefficient (Wildman–Crippen LogP) is 4.16. The molecular formula is C17H15BrN4O. The van der Waals surface area contributed by atoms with Crippen LogP contribution in [0.2, 0.25) is 0 Å². The largest absolute Gasteiger partial charge is 0.461 e. The summed E-state index contributed by atoms with van der Waals surface area (Å²) in [5.74, 6) is 2.05. The standard InChI is InChI=1S/C17H15BrN4O/c18-13-7-5-12(6-8-13)15-17(22-9-1-2-10-22)19-16(21-20-15)14-4-3-11-23-14/h3-8,11H,1-2,9-10H2. The molecule has 3 aromatic rings. The fraction of sp³-hybridized carbons (Fsp3) is 0.235. The molecule has 6 heteroatoms. The number of rotatable bonds is 3. The Balaban J connectivity index is 1.82. The Bertz CT molecular complexity index is 796. The van der Waals surface area contributed by atoms with Gasteiger partial charge in [-0.1, -0.05) is 28.1 Å². The lowest BCUT2D eigenvalue weighted by Crippen LogP contribution is -2.21. The third-order valence-electron chi connectivity index (χ3n) is 3.93. The Morgan fingerprint density at radius 3 is 2.48 bits per heavy atom. The molecule has 1 aliphatic heterocycles. The second kappa shape index (κ2) is 6.12. The summed E-state index contributed by atoms with van der Waals surface area (Å²) >= 11 is 3.47. The van der Waals surface area contributed by atoms with Crippen molar-refractivity contribution in [3.63, 3.8) is 0 Å². The summed E-state index contributed by atoms with van der Waals surface area (Å²) < 4.78 is 6.45. The predicted molar refractivity (Wildman–Crippen MR) is 92.1 cm³/mol. The number of aromatic nitrogens is 3. The molecule has 0 N–H and O–H groups in total. The minimum absolute atomic E-state index is 0.526. The van der Waals surface area contributed by atoms with Crippen LogP contribution in [0.1, 0.15) is 12.8 Å². The third-order valence-corrected chi connectivity index (χ3v) is 4.46. The molecule has 0 aliphatic carbocycles. The highest BCUT2D eigenvalue weighted by Crippen LogP contribution is 2.31. The van der Waals surface area contributed by atoms with Crippen molar-refractivity contribution in [1.29, 1.82) is 0 Å². The minimum atomic E-state index is 0.526. The quantitative estimate of drug-likeness (QED) is 0.692. The van der Waals surface area contributed by atoms with E-state index < -0.39 is 0 Å². The Hall–Kier alpha value is -2.21. The lowest BCUT2D eigenvalue weighted by atomic mass is 10.1. The number of halogens is 1. The van der Waals surface area contributed by atoms with Crippen molar-refractivity contribution in [3.05, 3.63) is 47.1 Å². The van der Waals surface area contributed by atoms with Crippen molar-refractivity contribution < 1.29 is 4.42 Å². The zero-order valence-corrected chi connectivity index (χ0v) is 14.0. The first-order valence-electron chi connectivity index (χ1n) is 7.61. The second-order valence-corrected chi connectivity index (χ2v) is 6.40. The number of benzene rings is 1. The van der Waals surface area contributed by atoms with Gasteiger partial charge in [0.05, 0.1) is 6.26 Å². The van der Waals surface area contributed by atoms with Crippen LogP contribution in [0.4, 0.5) is 5.82 Å². The molecule has 0 atom stereocenters. The fourth-order valence-electron chi connectivity index (χ4n) is 2.77. The zero-order valence-electron chi connectivity index (χ0n) is 12.4. The Morgan fingerprint density at radius 2 is 1.78 bits per heavy atom. The number of furan rings is 1. The van der Waals surface area contributed by atoms with Crippen LogP contribution in [0.15, 0.2) is 51.6 Å². The van der Waals surface area contributed by atoms with Crippen molar-refractivity contribution in [2.24, 2.45) is 0 Å². The maximum absolute atomic E-state index is 5.41. The van der Waals surface area contributed by atoms with Crippen LogP contribution in [0.25, 0.3) is 22.8 Å². The minimum Gasteiger partial charge on any atom is -0.461 e. The van der Waals surface area contributed by atoms with Gasteiger partial charge in [0.25, 0.3) is 0 Å². The van der Waals surface area contributed by atoms with E-state index in [1.807, 2.05) is 36.4 Å². The van der Waals surface area contributed by atoms with E-state index in [1.54, 1.807) is 6.26 Å². The molecule has 23 heavy (non-hydrogen) atoms. The van der Waals surface area contributed by atoms with E-state index in [1.165, 1.54) is 12.8 Å². The number of anilines is 1. The Labute approximate surface area is 142 Å². The normalized spacial score (nSPS) is 14.4. The smallest absolute Gasteiger partial charge is 0.219 e. The molecule has 0 spiro atoms. The molecule has 0 unspecified atom stereocenters. The van der Waals surface area contributed by atoms with Crippen LogP contribution in [-0.4, -0.2) is 28.3 Å². The van der Waals surface area contributed by atoms with Gasteiger partial charge < -0.3 is 9.32 Å². The summed E-state index contributed by atoms with van der Waals surface area (Å²) in [5.41, 5.74) is 1.83. The average Bonchev–Trinajstić information content (AvgIpc) is 3.29. The zero-order chi connectivity index (χ0) is 15.6. The Morgan fingerprint density at radius 1 is 1.00 bits per heavy atom. The average molecular weight is 371 g/mol. The van der Waals surface area contributed by atoms with Gasteiger partial charge in [-0.3, -0.25) is 0 Å². The number of hydrogen-bond donors (Lipinski definition) is 0. The van der Waals surface area contributed by atoms with Crippen molar-refractivity contribution >= 4 is 21.7 Å². The molecule has 1 aromatic carbocycles. The molecule has 1 saturated heterocycles. The molecule has 1 fully saturated rings. The lowest BCUT2D eigenvalue weighted by molar-refractivity contribution is 0.575. The van der Waals surface area contributed by atoms with Gasteiger partial charge in [0.15, 0.2) is 11.6 Å². The number of nitrogens with zero attached hydrogens (tertiary/aromatic N) is 4. The molecule has 0 radical (unpaired) electrons. The maximum atomic E-state index is 5.41. The monoisotopic (exact) mass is 370 g/mol. The molecule has 3 heterocycles. The van der Waals surface area contributed by atoms with E-state index >= 15 is 0 Å². The first-order chi connectivity index (χ1) is 11.3. The maximum Gasteiger partial charge on any atom is 0.219 e. The summed E-state index contributed by atoms with van der Waals surface area (Å²) in [4.78, 5) is 7.02. The molecular weight excluding hydrogens is 356 g/mol. The van der Waals surface area contributed by atoms with Crippen LogP contribution in [0.5, 0.6) is 0 Å². The highest BCUT2D eigenvalue weighted by atomic mass is 79.9. The van der Waals surface area contributed by atoms with E-state index in [-0.39, 0.29) is 0 Å².